The van der Waals surface area contributed by atoms with Crippen LogP contribution in [0.15, 0.2) is 21.2 Å². The third kappa shape index (κ3) is 1.56. The molecule has 3 heteroatoms. The second-order valence-electron chi connectivity index (χ2n) is 1.67. The summed E-state index contributed by atoms with van der Waals surface area (Å²) in [7, 11) is 0. The minimum absolute atomic E-state index is 0.131. The van der Waals surface area contributed by atoms with Crippen LogP contribution in [-0.2, 0) is 6.42 Å². The van der Waals surface area contributed by atoms with Crippen LogP contribution < -0.4 is 0 Å². The van der Waals surface area contributed by atoms with Crippen LogP contribution in [0.25, 0.3) is 0 Å². The second-order valence-corrected chi connectivity index (χ2v) is 2.52. The predicted octanol–water partition coefficient (Wildman–Crippen LogP) is 1.58. The Balaban J connectivity index is 2.69. The highest BCUT2D eigenvalue weighted by atomic mass is 79.9. The number of halogens is 1. The van der Waals surface area contributed by atoms with Crippen molar-refractivity contribution in [1.29, 1.82) is 0 Å². The summed E-state index contributed by atoms with van der Waals surface area (Å²) in [4.78, 5) is 0. The summed E-state index contributed by atoms with van der Waals surface area (Å²) in [6.07, 6.45) is 2.17. The molecule has 1 aromatic heterocycles. The Kier molecular flexibility index (Phi) is 2.30. The number of aliphatic hydroxyl groups is 1. The highest BCUT2D eigenvalue weighted by Gasteiger charge is 1.99. The zero-order valence-electron chi connectivity index (χ0n) is 4.80. The van der Waals surface area contributed by atoms with Crippen molar-refractivity contribution in [1.82, 2.24) is 0 Å². The molecule has 1 rings (SSSR count). The SMILES string of the molecule is OCCc1occc1Br. The van der Waals surface area contributed by atoms with Crippen molar-refractivity contribution in [2.75, 3.05) is 6.61 Å². The van der Waals surface area contributed by atoms with Gasteiger partial charge in [-0.05, 0) is 22.0 Å². The monoisotopic (exact) mass is 190 g/mol. The second kappa shape index (κ2) is 3.03. The van der Waals surface area contributed by atoms with Gasteiger partial charge in [0.15, 0.2) is 0 Å². The van der Waals surface area contributed by atoms with Crippen molar-refractivity contribution >= 4 is 15.9 Å². The summed E-state index contributed by atoms with van der Waals surface area (Å²) < 4.78 is 5.93. The van der Waals surface area contributed by atoms with Gasteiger partial charge in [0.25, 0.3) is 0 Å². The van der Waals surface area contributed by atoms with Gasteiger partial charge in [-0.3, -0.25) is 0 Å². The highest BCUT2D eigenvalue weighted by molar-refractivity contribution is 9.10. The zero-order chi connectivity index (χ0) is 6.69. The lowest BCUT2D eigenvalue weighted by molar-refractivity contribution is 0.287. The van der Waals surface area contributed by atoms with E-state index in [1.165, 1.54) is 0 Å². The van der Waals surface area contributed by atoms with E-state index in [9.17, 15) is 0 Å². The predicted molar refractivity (Wildman–Crippen MR) is 37.2 cm³/mol. The Hall–Kier alpha value is -0.280. The van der Waals surface area contributed by atoms with Crippen LogP contribution >= 0.6 is 15.9 Å². The summed E-state index contributed by atoms with van der Waals surface area (Å²) in [6.45, 7) is 0.131. The molecule has 2 nitrogen and oxygen atoms in total. The number of hydrogen-bond acceptors (Lipinski definition) is 2. The topological polar surface area (TPSA) is 33.4 Å². The maximum absolute atomic E-state index is 8.48. The largest absolute Gasteiger partial charge is 0.468 e. The van der Waals surface area contributed by atoms with Crippen LogP contribution in [0.5, 0.6) is 0 Å². The van der Waals surface area contributed by atoms with Crippen molar-refractivity contribution < 1.29 is 9.52 Å². The van der Waals surface area contributed by atoms with Gasteiger partial charge in [-0.15, -0.1) is 0 Å². The van der Waals surface area contributed by atoms with Gasteiger partial charge in [0, 0.05) is 6.42 Å². The van der Waals surface area contributed by atoms with Crippen molar-refractivity contribution in [3.8, 4) is 0 Å². The van der Waals surface area contributed by atoms with E-state index in [0.717, 1.165) is 10.2 Å². The van der Waals surface area contributed by atoms with Crippen LogP contribution in [0.2, 0.25) is 0 Å². The fourth-order valence-electron chi connectivity index (χ4n) is 0.605. The fourth-order valence-corrected chi connectivity index (χ4v) is 1.00. The first-order chi connectivity index (χ1) is 4.34. The van der Waals surface area contributed by atoms with E-state index in [0.29, 0.717) is 6.42 Å². The molecule has 50 valence electrons. The van der Waals surface area contributed by atoms with Crippen LogP contribution in [0, 0.1) is 0 Å². The summed E-state index contributed by atoms with van der Waals surface area (Å²) >= 11 is 3.26. The van der Waals surface area contributed by atoms with Gasteiger partial charge in [0.05, 0.1) is 17.3 Å². The third-order valence-electron chi connectivity index (χ3n) is 1.03. The summed E-state index contributed by atoms with van der Waals surface area (Å²) in [5.74, 6) is 0.803. The van der Waals surface area contributed by atoms with Gasteiger partial charge in [-0.25, -0.2) is 0 Å². The molecular formula is C6H7BrO2. The molecule has 0 aromatic carbocycles. The van der Waals surface area contributed by atoms with Gasteiger partial charge in [-0.1, -0.05) is 0 Å². The molecule has 9 heavy (non-hydrogen) atoms. The van der Waals surface area contributed by atoms with Crippen LogP contribution in [-0.4, -0.2) is 11.7 Å². The Morgan fingerprint density at radius 1 is 1.67 bits per heavy atom. The molecular weight excluding hydrogens is 184 g/mol. The maximum atomic E-state index is 8.48. The van der Waals surface area contributed by atoms with Crippen LogP contribution in [0.3, 0.4) is 0 Å². The first-order valence-electron chi connectivity index (χ1n) is 2.67. The zero-order valence-corrected chi connectivity index (χ0v) is 6.39. The molecule has 0 bridgehead atoms. The van der Waals surface area contributed by atoms with E-state index in [2.05, 4.69) is 15.9 Å². The van der Waals surface area contributed by atoms with Crippen molar-refractivity contribution in [3.05, 3.63) is 22.6 Å². The number of aliphatic hydroxyl groups excluding tert-OH is 1. The molecule has 0 saturated heterocycles. The summed E-state index contributed by atoms with van der Waals surface area (Å²) in [5, 5.41) is 8.48. The highest BCUT2D eigenvalue weighted by Crippen LogP contribution is 2.17. The summed E-state index contributed by atoms with van der Waals surface area (Å²) in [5.41, 5.74) is 0. The van der Waals surface area contributed by atoms with E-state index in [-0.39, 0.29) is 6.61 Å². The average molecular weight is 191 g/mol. The quantitative estimate of drug-likeness (QED) is 0.769. The minimum Gasteiger partial charge on any atom is -0.468 e. The molecule has 0 saturated carbocycles. The molecule has 0 fully saturated rings. The molecule has 0 spiro atoms. The molecule has 0 aliphatic rings. The Morgan fingerprint density at radius 2 is 2.44 bits per heavy atom. The molecule has 0 atom stereocenters. The Bertz CT molecular complexity index is 183. The van der Waals surface area contributed by atoms with Gasteiger partial charge in [0.1, 0.15) is 5.76 Å². The lowest BCUT2D eigenvalue weighted by Crippen LogP contribution is -1.87. The molecule has 0 amide bonds. The first-order valence-corrected chi connectivity index (χ1v) is 3.46. The third-order valence-corrected chi connectivity index (χ3v) is 1.74. The molecule has 1 aromatic rings. The Morgan fingerprint density at radius 3 is 2.89 bits per heavy atom. The van der Waals surface area contributed by atoms with E-state index in [4.69, 9.17) is 9.52 Å². The summed E-state index contributed by atoms with van der Waals surface area (Å²) in [6, 6.07) is 1.81. The minimum atomic E-state index is 0.131. The van der Waals surface area contributed by atoms with Gasteiger partial charge in [0.2, 0.25) is 0 Å². The average Bonchev–Trinajstić information content (AvgIpc) is 2.18. The molecule has 1 N–H and O–H groups in total. The van der Waals surface area contributed by atoms with Gasteiger partial charge >= 0.3 is 0 Å². The lowest BCUT2D eigenvalue weighted by Gasteiger charge is -1.89. The van der Waals surface area contributed by atoms with Crippen molar-refractivity contribution in [2.24, 2.45) is 0 Å². The lowest BCUT2D eigenvalue weighted by atomic mass is 10.3. The maximum Gasteiger partial charge on any atom is 0.120 e. The van der Waals surface area contributed by atoms with E-state index < -0.39 is 0 Å². The molecule has 0 radical (unpaired) electrons. The molecule has 0 aliphatic heterocycles. The van der Waals surface area contributed by atoms with Crippen LogP contribution in [0.4, 0.5) is 0 Å². The standard InChI is InChI=1S/C6H7BrO2/c7-5-2-4-9-6(5)1-3-8/h2,4,8H,1,3H2. The van der Waals surface area contributed by atoms with E-state index >= 15 is 0 Å². The number of hydrogen-bond donors (Lipinski definition) is 1. The molecule has 0 aliphatic carbocycles. The van der Waals surface area contributed by atoms with Gasteiger partial charge < -0.3 is 9.52 Å². The normalized spacial score (nSPS) is 10.0. The fraction of sp³-hybridized carbons (Fsp3) is 0.333. The van der Waals surface area contributed by atoms with Crippen LogP contribution in [0.1, 0.15) is 5.76 Å². The first kappa shape index (κ1) is 6.83. The molecule has 1 heterocycles. The van der Waals surface area contributed by atoms with E-state index in [1.54, 1.807) is 6.26 Å². The van der Waals surface area contributed by atoms with Crippen molar-refractivity contribution in [3.63, 3.8) is 0 Å². The van der Waals surface area contributed by atoms with Gasteiger partial charge in [-0.2, -0.15) is 0 Å². The van der Waals surface area contributed by atoms with Crippen molar-refractivity contribution in [2.45, 2.75) is 6.42 Å². The smallest absolute Gasteiger partial charge is 0.120 e. The Labute approximate surface area is 61.6 Å². The number of rotatable bonds is 2. The number of furan rings is 1. The van der Waals surface area contributed by atoms with E-state index in [1.807, 2.05) is 6.07 Å². The molecule has 0 unspecified atom stereocenters.